The van der Waals surface area contributed by atoms with Crippen molar-refractivity contribution in [1.82, 2.24) is 4.90 Å². The van der Waals surface area contributed by atoms with E-state index in [1.807, 2.05) is 39.2 Å². The summed E-state index contributed by atoms with van der Waals surface area (Å²) in [6, 6.07) is 10.1. The summed E-state index contributed by atoms with van der Waals surface area (Å²) >= 11 is 0. The monoisotopic (exact) mass is 321 g/mol. The van der Waals surface area contributed by atoms with E-state index in [0.29, 0.717) is 13.0 Å². The molecule has 1 unspecified atom stereocenters. The highest BCUT2D eigenvalue weighted by Gasteiger charge is 2.11. The van der Waals surface area contributed by atoms with E-state index in [9.17, 15) is 4.79 Å². The third kappa shape index (κ3) is 7.58. The predicted octanol–water partition coefficient (Wildman–Crippen LogP) is 2.16. The summed E-state index contributed by atoms with van der Waals surface area (Å²) in [4.78, 5) is 15.6. The topological polar surface area (TPSA) is 49.6 Å². The molecule has 0 aromatic heterocycles. The first-order valence-corrected chi connectivity index (χ1v) is 6.26. The SMILES string of the molecule is CC(N)CC(=O)N(C)CCN(C)c1ccccc1.Cl.Cl. The molecular formula is C14H25Cl2N3O. The van der Waals surface area contributed by atoms with E-state index in [2.05, 4.69) is 17.0 Å². The Bertz CT molecular complexity index is 374. The van der Waals surface area contributed by atoms with E-state index in [1.54, 1.807) is 4.90 Å². The summed E-state index contributed by atoms with van der Waals surface area (Å²) in [6.07, 6.45) is 0.408. The van der Waals surface area contributed by atoms with Gasteiger partial charge in [-0.15, -0.1) is 24.8 Å². The first kappa shape index (κ1) is 21.3. The van der Waals surface area contributed by atoms with E-state index in [4.69, 9.17) is 5.73 Å². The number of rotatable bonds is 6. The molecule has 0 aliphatic heterocycles. The number of nitrogens with zero attached hydrogens (tertiary/aromatic N) is 2. The van der Waals surface area contributed by atoms with Crippen LogP contribution >= 0.6 is 24.8 Å². The van der Waals surface area contributed by atoms with Crippen LogP contribution < -0.4 is 10.6 Å². The summed E-state index contributed by atoms with van der Waals surface area (Å²) in [5.74, 6) is 0.103. The van der Waals surface area contributed by atoms with Gasteiger partial charge in [0, 0.05) is 45.3 Å². The van der Waals surface area contributed by atoms with Crippen LogP contribution in [-0.4, -0.2) is 44.0 Å². The molecule has 0 aliphatic carbocycles. The van der Waals surface area contributed by atoms with Gasteiger partial charge in [-0.25, -0.2) is 0 Å². The van der Waals surface area contributed by atoms with Crippen LogP contribution in [0.3, 0.4) is 0 Å². The summed E-state index contributed by atoms with van der Waals surface area (Å²) in [5.41, 5.74) is 6.78. The molecule has 2 N–H and O–H groups in total. The van der Waals surface area contributed by atoms with E-state index < -0.39 is 0 Å². The van der Waals surface area contributed by atoms with Gasteiger partial charge in [0.1, 0.15) is 0 Å². The maximum absolute atomic E-state index is 11.7. The number of para-hydroxylation sites is 1. The molecule has 0 radical (unpaired) electrons. The second-order valence-corrected chi connectivity index (χ2v) is 4.75. The number of benzene rings is 1. The maximum Gasteiger partial charge on any atom is 0.223 e. The lowest BCUT2D eigenvalue weighted by molar-refractivity contribution is -0.130. The molecule has 0 aliphatic rings. The van der Waals surface area contributed by atoms with E-state index in [1.165, 1.54) is 0 Å². The predicted molar refractivity (Wildman–Crippen MR) is 90.1 cm³/mol. The summed E-state index contributed by atoms with van der Waals surface area (Å²) < 4.78 is 0. The Morgan fingerprint density at radius 3 is 2.20 bits per heavy atom. The first-order valence-electron chi connectivity index (χ1n) is 6.26. The Hall–Kier alpha value is -0.970. The minimum Gasteiger partial charge on any atom is -0.373 e. The normalized spacial score (nSPS) is 10.8. The van der Waals surface area contributed by atoms with Gasteiger partial charge in [0.15, 0.2) is 0 Å². The van der Waals surface area contributed by atoms with Crippen molar-refractivity contribution in [3.05, 3.63) is 30.3 Å². The smallest absolute Gasteiger partial charge is 0.223 e. The summed E-state index contributed by atoms with van der Waals surface area (Å²) in [5, 5.41) is 0. The van der Waals surface area contributed by atoms with Gasteiger partial charge in [-0.05, 0) is 19.1 Å². The molecule has 0 fully saturated rings. The average Bonchev–Trinajstić information content (AvgIpc) is 2.35. The van der Waals surface area contributed by atoms with E-state index >= 15 is 0 Å². The molecule has 0 bridgehead atoms. The van der Waals surface area contributed by atoms with Crippen molar-refractivity contribution < 1.29 is 4.79 Å². The second kappa shape index (κ2) is 10.8. The van der Waals surface area contributed by atoms with E-state index in [0.717, 1.165) is 12.2 Å². The van der Waals surface area contributed by atoms with Crippen LogP contribution in [0.4, 0.5) is 5.69 Å². The van der Waals surface area contributed by atoms with Gasteiger partial charge in [0.05, 0.1) is 0 Å². The molecule has 1 amide bonds. The minimum atomic E-state index is -0.0770. The van der Waals surface area contributed by atoms with Gasteiger partial charge >= 0.3 is 0 Å². The van der Waals surface area contributed by atoms with Crippen LogP contribution in [0, 0.1) is 0 Å². The Morgan fingerprint density at radius 2 is 1.70 bits per heavy atom. The van der Waals surface area contributed by atoms with Crippen molar-refractivity contribution in [2.75, 3.05) is 32.1 Å². The number of hydrogen-bond acceptors (Lipinski definition) is 3. The highest BCUT2D eigenvalue weighted by atomic mass is 35.5. The molecule has 0 spiro atoms. The number of hydrogen-bond donors (Lipinski definition) is 1. The molecule has 1 rings (SSSR count). The second-order valence-electron chi connectivity index (χ2n) is 4.75. The highest BCUT2D eigenvalue weighted by Crippen LogP contribution is 2.10. The maximum atomic E-state index is 11.7. The zero-order valence-electron chi connectivity index (χ0n) is 12.3. The van der Waals surface area contributed by atoms with Crippen molar-refractivity contribution in [1.29, 1.82) is 0 Å². The third-order valence-electron chi connectivity index (χ3n) is 2.89. The van der Waals surface area contributed by atoms with Crippen LogP contribution in [0.15, 0.2) is 30.3 Å². The summed E-state index contributed by atoms with van der Waals surface area (Å²) in [6.45, 7) is 3.37. The van der Waals surface area contributed by atoms with Crippen molar-refractivity contribution in [2.24, 2.45) is 5.73 Å². The molecule has 4 nitrogen and oxygen atoms in total. The lowest BCUT2D eigenvalue weighted by Crippen LogP contribution is -2.37. The number of nitrogens with two attached hydrogens (primary N) is 1. The zero-order chi connectivity index (χ0) is 13.5. The van der Waals surface area contributed by atoms with Crippen LogP contribution in [-0.2, 0) is 4.79 Å². The standard InChI is InChI=1S/C14H23N3O.2ClH/c1-12(15)11-14(18)17(3)10-9-16(2)13-7-5-4-6-8-13;;/h4-8,12H,9-11,15H2,1-3H3;2*1H. The molecule has 20 heavy (non-hydrogen) atoms. The molecule has 1 aromatic carbocycles. The average molecular weight is 322 g/mol. The van der Waals surface area contributed by atoms with Crippen molar-refractivity contribution in [3.63, 3.8) is 0 Å². The van der Waals surface area contributed by atoms with Gasteiger partial charge in [-0.3, -0.25) is 4.79 Å². The fourth-order valence-corrected chi connectivity index (χ4v) is 1.67. The van der Waals surface area contributed by atoms with Gasteiger partial charge in [-0.1, -0.05) is 18.2 Å². The lowest BCUT2D eigenvalue weighted by atomic mass is 10.2. The van der Waals surface area contributed by atoms with Crippen LogP contribution in [0.5, 0.6) is 0 Å². The molecule has 1 aromatic rings. The van der Waals surface area contributed by atoms with Crippen molar-refractivity contribution in [3.8, 4) is 0 Å². The Kier molecular flexibility index (Phi) is 11.5. The first-order chi connectivity index (χ1) is 8.50. The third-order valence-corrected chi connectivity index (χ3v) is 2.89. The Labute approximate surface area is 134 Å². The van der Waals surface area contributed by atoms with Crippen LogP contribution in [0.2, 0.25) is 0 Å². The van der Waals surface area contributed by atoms with Crippen LogP contribution in [0.1, 0.15) is 13.3 Å². The number of amides is 1. The minimum absolute atomic E-state index is 0. The molecule has 0 saturated heterocycles. The van der Waals surface area contributed by atoms with Gasteiger partial charge in [-0.2, -0.15) is 0 Å². The molecule has 116 valence electrons. The molecule has 0 saturated carbocycles. The summed E-state index contributed by atoms with van der Waals surface area (Å²) in [7, 11) is 3.85. The van der Waals surface area contributed by atoms with Gasteiger partial charge in [0.25, 0.3) is 0 Å². The van der Waals surface area contributed by atoms with E-state index in [-0.39, 0.29) is 36.8 Å². The fraction of sp³-hybridized carbons (Fsp3) is 0.500. The Balaban J connectivity index is 0. The lowest BCUT2D eigenvalue weighted by Gasteiger charge is -2.24. The zero-order valence-corrected chi connectivity index (χ0v) is 13.9. The van der Waals surface area contributed by atoms with Gasteiger partial charge < -0.3 is 15.5 Å². The number of halogens is 2. The highest BCUT2D eigenvalue weighted by molar-refractivity contribution is 5.85. The number of likely N-dealkylation sites (N-methyl/N-ethyl adjacent to an activating group) is 2. The van der Waals surface area contributed by atoms with Gasteiger partial charge in [0.2, 0.25) is 5.91 Å². The molecule has 1 atom stereocenters. The largest absolute Gasteiger partial charge is 0.373 e. The molecule has 6 heteroatoms. The molecular weight excluding hydrogens is 297 g/mol. The fourth-order valence-electron chi connectivity index (χ4n) is 1.67. The number of anilines is 1. The quantitative estimate of drug-likeness (QED) is 0.873. The molecule has 0 heterocycles. The van der Waals surface area contributed by atoms with Crippen molar-refractivity contribution >= 4 is 36.4 Å². The van der Waals surface area contributed by atoms with Crippen molar-refractivity contribution in [2.45, 2.75) is 19.4 Å². The van der Waals surface area contributed by atoms with Crippen LogP contribution in [0.25, 0.3) is 0 Å². The number of carbonyl (C=O) groups excluding carboxylic acids is 1. The number of carbonyl (C=O) groups is 1. The Morgan fingerprint density at radius 1 is 1.15 bits per heavy atom.